The number of benzene rings is 1. The average Bonchev–Trinajstić information content (AvgIpc) is 2.40. The average molecular weight is 275 g/mol. The molecule has 104 valence electrons. The smallest absolute Gasteiger partial charge is 0.290 e. The van der Waals surface area contributed by atoms with E-state index in [0.29, 0.717) is 29.9 Å². The van der Waals surface area contributed by atoms with Gasteiger partial charge in [0.15, 0.2) is 0 Å². The number of rotatable bonds is 5. The topological polar surface area (TPSA) is 68.1 Å². The highest BCUT2D eigenvalue weighted by Gasteiger charge is 2.11. The first kappa shape index (κ1) is 13.9. The number of pyridine rings is 1. The molecule has 0 aliphatic heterocycles. The monoisotopic (exact) mass is 275 g/mol. The summed E-state index contributed by atoms with van der Waals surface area (Å²) in [6, 6.07) is 8.19. The van der Waals surface area contributed by atoms with E-state index < -0.39 is 4.92 Å². The van der Waals surface area contributed by atoms with Crippen LogP contribution >= 0.6 is 0 Å². The van der Waals surface area contributed by atoms with Gasteiger partial charge in [0.1, 0.15) is 17.8 Å². The molecule has 20 heavy (non-hydrogen) atoms. The van der Waals surface area contributed by atoms with E-state index in [0.717, 1.165) is 0 Å². The molecule has 6 heteroatoms. The van der Waals surface area contributed by atoms with Crippen molar-refractivity contribution in [3.63, 3.8) is 0 Å². The van der Waals surface area contributed by atoms with Crippen molar-refractivity contribution in [1.29, 1.82) is 0 Å². The highest BCUT2D eigenvalue weighted by Crippen LogP contribution is 2.18. The van der Waals surface area contributed by atoms with Crippen LogP contribution in [0.2, 0.25) is 0 Å². The van der Waals surface area contributed by atoms with Crippen LogP contribution < -0.4 is 5.32 Å². The zero-order chi connectivity index (χ0) is 14.5. The Labute approximate surface area is 115 Å². The number of halogens is 1. The summed E-state index contributed by atoms with van der Waals surface area (Å²) in [5.74, 6) is 0.312. The molecule has 0 unspecified atom stereocenters. The molecule has 2 rings (SSSR count). The van der Waals surface area contributed by atoms with E-state index in [1.54, 1.807) is 31.2 Å². The molecule has 0 saturated heterocycles. The maximum absolute atomic E-state index is 13.4. The van der Waals surface area contributed by atoms with Crippen LogP contribution in [-0.4, -0.2) is 16.5 Å². The highest BCUT2D eigenvalue weighted by atomic mass is 19.1. The zero-order valence-electron chi connectivity index (χ0n) is 11.0. The largest absolute Gasteiger partial charge is 0.370 e. The Hall–Kier alpha value is -2.50. The van der Waals surface area contributed by atoms with Crippen molar-refractivity contribution in [1.82, 2.24) is 4.98 Å². The van der Waals surface area contributed by atoms with Crippen molar-refractivity contribution in [2.75, 3.05) is 11.9 Å². The third-order valence-corrected chi connectivity index (χ3v) is 2.94. The second kappa shape index (κ2) is 6.10. The Morgan fingerprint density at radius 2 is 2.15 bits per heavy atom. The van der Waals surface area contributed by atoms with Crippen molar-refractivity contribution >= 4 is 11.5 Å². The molecule has 0 bridgehead atoms. The van der Waals surface area contributed by atoms with Gasteiger partial charge in [0, 0.05) is 12.1 Å². The van der Waals surface area contributed by atoms with Gasteiger partial charge >= 0.3 is 0 Å². The standard InChI is InChI=1S/C14H14FN3O2/c1-10-8-14(17-9-13(10)18(19)20)16-7-6-11-4-2-3-5-12(11)15/h2-5,8-9H,6-7H2,1H3,(H,16,17). The third kappa shape index (κ3) is 3.28. The number of nitro groups is 1. The fourth-order valence-electron chi connectivity index (χ4n) is 1.86. The Morgan fingerprint density at radius 3 is 2.80 bits per heavy atom. The number of nitrogens with zero attached hydrogens (tertiary/aromatic N) is 2. The summed E-state index contributed by atoms with van der Waals surface area (Å²) < 4.78 is 13.4. The van der Waals surface area contributed by atoms with Gasteiger partial charge in [-0.15, -0.1) is 0 Å². The SMILES string of the molecule is Cc1cc(NCCc2ccccc2F)ncc1[N+](=O)[O-]. The van der Waals surface area contributed by atoms with Crippen LogP contribution in [0.3, 0.4) is 0 Å². The second-order valence-corrected chi connectivity index (χ2v) is 4.38. The molecule has 1 aromatic heterocycles. The summed E-state index contributed by atoms with van der Waals surface area (Å²) in [4.78, 5) is 14.2. The molecule has 1 N–H and O–H groups in total. The Morgan fingerprint density at radius 1 is 1.40 bits per heavy atom. The van der Waals surface area contributed by atoms with Crippen LogP contribution in [0.25, 0.3) is 0 Å². The molecule has 0 fully saturated rings. The predicted molar refractivity (Wildman–Crippen MR) is 74.2 cm³/mol. The molecular formula is C14H14FN3O2. The first-order chi connectivity index (χ1) is 9.58. The van der Waals surface area contributed by atoms with Crippen molar-refractivity contribution in [3.05, 3.63) is 63.6 Å². The molecule has 0 amide bonds. The first-order valence-electron chi connectivity index (χ1n) is 6.16. The minimum absolute atomic E-state index is 0.00958. The molecule has 2 aromatic rings. The van der Waals surface area contributed by atoms with Gasteiger partial charge in [0.25, 0.3) is 5.69 Å². The summed E-state index contributed by atoms with van der Waals surface area (Å²) in [5, 5.41) is 13.7. The number of hydrogen-bond acceptors (Lipinski definition) is 4. The summed E-state index contributed by atoms with van der Waals surface area (Å²) >= 11 is 0. The van der Waals surface area contributed by atoms with Gasteiger partial charge < -0.3 is 5.32 Å². The van der Waals surface area contributed by atoms with Gasteiger partial charge in [0.05, 0.1) is 4.92 Å². The molecule has 0 atom stereocenters. The van der Waals surface area contributed by atoms with E-state index in [1.807, 2.05) is 0 Å². The van der Waals surface area contributed by atoms with Gasteiger partial charge in [-0.3, -0.25) is 10.1 Å². The van der Waals surface area contributed by atoms with Crippen LogP contribution in [0.15, 0.2) is 36.5 Å². The van der Waals surface area contributed by atoms with Crippen LogP contribution in [0.4, 0.5) is 15.9 Å². The summed E-state index contributed by atoms with van der Waals surface area (Å²) in [6.07, 6.45) is 1.74. The van der Waals surface area contributed by atoms with E-state index >= 15 is 0 Å². The van der Waals surface area contributed by atoms with E-state index in [-0.39, 0.29) is 11.5 Å². The van der Waals surface area contributed by atoms with Gasteiger partial charge in [-0.25, -0.2) is 9.37 Å². The second-order valence-electron chi connectivity index (χ2n) is 4.38. The number of nitrogens with one attached hydrogen (secondary N) is 1. The first-order valence-corrected chi connectivity index (χ1v) is 6.16. The summed E-state index contributed by atoms with van der Waals surface area (Å²) in [5.41, 5.74) is 1.15. The minimum Gasteiger partial charge on any atom is -0.370 e. The Bertz CT molecular complexity index is 632. The molecule has 1 heterocycles. The fourth-order valence-corrected chi connectivity index (χ4v) is 1.86. The van der Waals surface area contributed by atoms with Gasteiger partial charge in [-0.05, 0) is 31.0 Å². The molecule has 0 radical (unpaired) electrons. The van der Waals surface area contributed by atoms with Gasteiger partial charge in [-0.2, -0.15) is 0 Å². The quantitative estimate of drug-likeness (QED) is 0.672. The lowest BCUT2D eigenvalue weighted by atomic mass is 10.1. The van der Waals surface area contributed by atoms with Crippen molar-refractivity contribution in [3.8, 4) is 0 Å². The third-order valence-electron chi connectivity index (χ3n) is 2.94. The summed E-state index contributed by atoms with van der Waals surface area (Å²) in [7, 11) is 0. The lowest BCUT2D eigenvalue weighted by Crippen LogP contribution is -2.08. The van der Waals surface area contributed by atoms with E-state index in [2.05, 4.69) is 10.3 Å². The molecule has 0 saturated carbocycles. The van der Waals surface area contributed by atoms with Crippen LogP contribution in [0, 0.1) is 22.9 Å². The Kier molecular flexibility index (Phi) is 4.24. The van der Waals surface area contributed by atoms with E-state index in [1.165, 1.54) is 12.3 Å². The van der Waals surface area contributed by atoms with E-state index in [4.69, 9.17) is 0 Å². The maximum atomic E-state index is 13.4. The number of hydrogen-bond donors (Lipinski definition) is 1. The van der Waals surface area contributed by atoms with Crippen LogP contribution in [0.5, 0.6) is 0 Å². The predicted octanol–water partition coefficient (Wildman–Crippen LogP) is 3.09. The lowest BCUT2D eigenvalue weighted by Gasteiger charge is -2.07. The lowest BCUT2D eigenvalue weighted by molar-refractivity contribution is -0.385. The molecule has 1 aromatic carbocycles. The number of aromatic nitrogens is 1. The van der Waals surface area contributed by atoms with Crippen molar-refractivity contribution in [2.45, 2.75) is 13.3 Å². The van der Waals surface area contributed by atoms with E-state index in [9.17, 15) is 14.5 Å². The summed E-state index contributed by atoms with van der Waals surface area (Å²) in [6.45, 7) is 2.16. The minimum atomic E-state index is -0.467. The molecule has 5 nitrogen and oxygen atoms in total. The van der Waals surface area contributed by atoms with Crippen molar-refractivity contribution < 1.29 is 9.31 Å². The molecule has 0 aliphatic rings. The number of anilines is 1. The molecule has 0 aliphatic carbocycles. The zero-order valence-corrected chi connectivity index (χ0v) is 11.0. The highest BCUT2D eigenvalue weighted by molar-refractivity contribution is 5.46. The van der Waals surface area contributed by atoms with Crippen LogP contribution in [-0.2, 0) is 6.42 Å². The number of aryl methyl sites for hydroxylation is 1. The fraction of sp³-hybridized carbons (Fsp3) is 0.214. The maximum Gasteiger partial charge on any atom is 0.290 e. The van der Waals surface area contributed by atoms with Crippen molar-refractivity contribution in [2.24, 2.45) is 0 Å². The van der Waals surface area contributed by atoms with Gasteiger partial charge in [0.2, 0.25) is 0 Å². The normalized spacial score (nSPS) is 10.3. The van der Waals surface area contributed by atoms with Gasteiger partial charge in [-0.1, -0.05) is 18.2 Å². The Balaban J connectivity index is 1.97. The molecule has 0 spiro atoms. The van der Waals surface area contributed by atoms with Crippen LogP contribution in [0.1, 0.15) is 11.1 Å². The molecular weight excluding hydrogens is 261 g/mol.